The third-order valence-electron chi connectivity index (χ3n) is 2.10. The Morgan fingerprint density at radius 3 is 1.56 bits per heavy atom. The Labute approximate surface area is 103 Å². The Balaban J connectivity index is 0.000000494. The SMILES string of the molecule is CCC(=O)O.Cc1c(C(=O)O)cccc1C(=O)O. The maximum atomic E-state index is 10.6. The predicted octanol–water partition coefficient (Wildman–Crippen LogP) is 1.87. The molecule has 0 saturated carbocycles. The van der Waals surface area contributed by atoms with Gasteiger partial charge in [0.05, 0.1) is 11.1 Å². The van der Waals surface area contributed by atoms with Gasteiger partial charge in [0, 0.05) is 6.42 Å². The summed E-state index contributed by atoms with van der Waals surface area (Å²) in [6.07, 6.45) is 0.222. The third kappa shape index (κ3) is 4.65. The van der Waals surface area contributed by atoms with Crippen LogP contribution in [0.5, 0.6) is 0 Å². The highest BCUT2D eigenvalue weighted by molar-refractivity contribution is 5.96. The van der Waals surface area contributed by atoms with Crippen LogP contribution in [0.1, 0.15) is 39.6 Å². The molecule has 0 aliphatic rings. The molecule has 1 aromatic rings. The Bertz CT molecular complexity index is 431. The number of benzene rings is 1. The molecule has 0 atom stereocenters. The topological polar surface area (TPSA) is 112 Å². The smallest absolute Gasteiger partial charge is 0.335 e. The van der Waals surface area contributed by atoms with Crippen LogP contribution in [-0.2, 0) is 4.79 Å². The molecular weight excluding hydrogens is 240 g/mol. The standard InChI is InChI=1S/C9H8O4.C3H6O2/c1-5-6(8(10)11)3-2-4-7(5)9(12)13;1-2-3(4)5/h2-4H,1H3,(H,10,11)(H,12,13);2H2,1H3,(H,4,5). The van der Waals surface area contributed by atoms with Crippen LogP contribution >= 0.6 is 0 Å². The first-order valence-corrected chi connectivity index (χ1v) is 5.09. The van der Waals surface area contributed by atoms with Gasteiger partial charge in [0.25, 0.3) is 0 Å². The third-order valence-corrected chi connectivity index (χ3v) is 2.10. The molecule has 0 aliphatic heterocycles. The molecule has 0 heterocycles. The van der Waals surface area contributed by atoms with Gasteiger partial charge in [-0.25, -0.2) is 9.59 Å². The van der Waals surface area contributed by atoms with Crippen molar-refractivity contribution in [2.75, 3.05) is 0 Å². The molecule has 0 amide bonds. The van der Waals surface area contributed by atoms with E-state index < -0.39 is 17.9 Å². The number of carbonyl (C=O) groups is 3. The van der Waals surface area contributed by atoms with E-state index in [-0.39, 0.29) is 23.1 Å². The number of hydrogen-bond donors (Lipinski definition) is 3. The fraction of sp³-hybridized carbons (Fsp3) is 0.250. The van der Waals surface area contributed by atoms with E-state index in [0.29, 0.717) is 0 Å². The van der Waals surface area contributed by atoms with E-state index >= 15 is 0 Å². The molecular formula is C12H14O6. The van der Waals surface area contributed by atoms with Crippen LogP contribution in [0, 0.1) is 6.92 Å². The molecule has 1 aromatic carbocycles. The zero-order valence-corrected chi connectivity index (χ0v) is 10.0. The molecule has 0 unspecified atom stereocenters. The second-order valence-corrected chi connectivity index (χ2v) is 3.34. The van der Waals surface area contributed by atoms with Gasteiger partial charge in [0.2, 0.25) is 0 Å². The summed E-state index contributed by atoms with van der Waals surface area (Å²) in [7, 11) is 0. The van der Waals surface area contributed by atoms with Gasteiger partial charge in [-0.15, -0.1) is 0 Å². The van der Waals surface area contributed by atoms with Gasteiger partial charge >= 0.3 is 17.9 Å². The van der Waals surface area contributed by atoms with Crippen LogP contribution < -0.4 is 0 Å². The molecule has 3 N–H and O–H groups in total. The molecule has 98 valence electrons. The highest BCUT2D eigenvalue weighted by atomic mass is 16.4. The number of rotatable bonds is 3. The number of hydrogen-bond acceptors (Lipinski definition) is 3. The minimum absolute atomic E-state index is 0.0277. The van der Waals surface area contributed by atoms with Gasteiger partial charge < -0.3 is 15.3 Å². The van der Waals surface area contributed by atoms with Crippen molar-refractivity contribution >= 4 is 17.9 Å². The predicted molar refractivity (Wildman–Crippen MR) is 63.0 cm³/mol. The lowest BCUT2D eigenvalue weighted by atomic mass is 10.0. The summed E-state index contributed by atoms with van der Waals surface area (Å²) in [6, 6.07) is 4.17. The fourth-order valence-corrected chi connectivity index (χ4v) is 1.10. The summed E-state index contributed by atoms with van der Waals surface area (Å²) in [5, 5.41) is 25.1. The van der Waals surface area contributed by atoms with Crippen LogP contribution in [0.15, 0.2) is 18.2 Å². The summed E-state index contributed by atoms with van der Waals surface area (Å²) >= 11 is 0. The Morgan fingerprint density at radius 2 is 1.33 bits per heavy atom. The van der Waals surface area contributed by atoms with Crippen LogP contribution in [-0.4, -0.2) is 33.2 Å². The maximum Gasteiger partial charge on any atom is 0.335 e. The highest BCUT2D eigenvalue weighted by Crippen LogP contribution is 2.13. The molecule has 18 heavy (non-hydrogen) atoms. The van der Waals surface area contributed by atoms with Crippen molar-refractivity contribution in [1.82, 2.24) is 0 Å². The summed E-state index contributed by atoms with van der Waals surface area (Å²) < 4.78 is 0. The normalized spacial score (nSPS) is 9.00. The molecule has 0 saturated heterocycles. The van der Waals surface area contributed by atoms with E-state index in [0.717, 1.165) is 0 Å². The van der Waals surface area contributed by atoms with E-state index in [4.69, 9.17) is 15.3 Å². The monoisotopic (exact) mass is 254 g/mol. The quantitative estimate of drug-likeness (QED) is 0.759. The zero-order chi connectivity index (χ0) is 14.3. The van der Waals surface area contributed by atoms with Gasteiger partial charge in [0.15, 0.2) is 0 Å². The highest BCUT2D eigenvalue weighted by Gasteiger charge is 2.13. The molecule has 1 rings (SSSR count). The molecule has 0 bridgehead atoms. The van der Waals surface area contributed by atoms with Gasteiger partial charge in [-0.05, 0) is 24.6 Å². The molecule has 0 aliphatic carbocycles. The van der Waals surface area contributed by atoms with Gasteiger partial charge in [0.1, 0.15) is 0 Å². The van der Waals surface area contributed by atoms with Crippen molar-refractivity contribution in [1.29, 1.82) is 0 Å². The molecule has 0 aromatic heterocycles. The van der Waals surface area contributed by atoms with Crippen molar-refractivity contribution in [3.05, 3.63) is 34.9 Å². The molecule has 6 heteroatoms. The van der Waals surface area contributed by atoms with E-state index in [1.165, 1.54) is 25.1 Å². The number of aliphatic carboxylic acids is 1. The first kappa shape index (κ1) is 15.6. The first-order chi connectivity index (χ1) is 8.31. The molecule has 6 nitrogen and oxygen atoms in total. The van der Waals surface area contributed by atoms with Gasteiger partial charge in [-0.3, -0.25) is 4.79 Å². The van der Waals surface area contributed by atoms with Crippen molar-refractivity contribution in [2.45, 2.75) is 20.3 Å². The minimum atomic E-state index is -1.11. The summed E-state index contributed by atoms with van der Waals surface area (Å²) in [4.78, 5) is 30.6. The second-order valence-electron chi connectivity index (χ2n) is 3.34. The minimum Gasteiger partial charge on any atom is -0.481 e. The zero-order valence-electron chi connectivity index (χ0n) is 10.0. The number of carboxylic acid groups (broad SMARTS) is 3. The van der Waals surface area contributed by atoms with Gasteiger partial charge in [-0.2, -0.15) is 0 Å². The van der Waals surface area contributed by atoms with Crippen molar-refractivity contribution in [3.63, 3.8) is 0 Å². The lowest BCUT2D eigenvalue weighted by Gasteiger charge is -2.03. The Morgan fingerprint density at radius 1 is 1.00 bits per heavy atom. The van der Waals surface area contributed by atoms with Crippen LogP contribution in [0.4, 0.5) is 0 Å². The summed E-state index contributed by atoms with van der Waals surface area (Å²) in [5.74, 6) is -2.97. The summed E-state index contributed by atoms with van der Waals surface area (Å²) in [5.41, 5.74) is 0.335. The average Bonchev–Trinajstić information content (AvgIpc) is 2.29. The van der Waals surface area contributed by atoms with Crippen LogP contribution in [0.25, 0.3) is 0 Å². The fourth-order valence-electron chi connectivity index (χ4n) is 1.10. The van der Waals surface area contributed by atoms with Crippen molar-refractivity contribution < 1.29 is 29.7 Å². The van der Waals surface area contributed by atoms with Crippen molar-refractivity contribution in [2.24, 2.45) is 0 Å². The van der Waals surface area contributed by atoms with Crippen molar-refractivity contribution in [3.8, 4) is 0 Å². The lowest BCUT2D eigenvalue weighted by Crippen LogP contribution is -2.06. The molecule has 0 spiro atoms. The van der Waals surface area contributed by atoms with E-state index in [1.54, 1.807) is 6.92 Å². The second kappa shape index (κ2) is 7.05. The molecule has 0 radical (unpaired) electrons. The van der Waals surface area contributed by atoms with Gasteiger partial charge in [-0.1, -0.05) is 13.0 Å². The average molecular weight is 254 g/mol. The molecule has 0 fully saturated rings. The maximum absolute atomic E-state index is 10.6. The largest absolute Gasteiger partial charge is 0.481 e. The Kier molecular flexibility index (Phi) is 6.12. The number of aromatic carboxylic acids is 2. The van der Waals surface area contributed by atoms with Crippen LogP contribution in [0.2, 0.25) is 0 Å². The number of carboxylic acids is 3. The summed E-state index contributed by atoms with van der Waals surface area (Å²) in [6.45, 7) is 3.08. The van der Waals surface area contributed by atoms with E-state index in [2.05, 4.69) is 0 Å². The van der Waals surface area contributed by atoms with Crippen LogP contribution in [0.3, 0.4) is 0 Å². The van der Waals surface area contributed by atoms with E-state index in [9.17, 15) is 14.4 Å². The Hall–Kier alpha value is -2.37. The first-order valence-electron chi connectivity index (χ1n) is 5.09. The van der Waals surface area contributed by atoms with E-state index in [1.807, 2.05) is 0 Å². The lowest BCUT2D eigenvalue weighted by molar-refractivity contribution is -0.136.